The van der Waals surface area contributed by atoms with Crippen LogP contribution in [0.4, 0.5) is 13.2 Å². The van der Waals surface area contributed by atoms with Gasteiger partial charge in [0, 0.05) is 24.4 Å². The van der Waals surface area contributed by atoms with Gasteiger partial charge in [-0.2, -0.15) is 18.3 Å². The van der Waals surface area contributed by atoms with Crippen LogP contribution in [-0.4, -0.2) is 27.1 Å². The summed E-state index contributed by atoms with van der Waals surface area (Å²) in [6.45, 7) is 3.83. The number of rotatable bonds is 3. The maximum absolute atomic E-state index is 12.7. The van der Waals surface area contributed by atoms with Gasteiger partial charge in [-0.15, -0.1) is 0 Å². The first-order chi connectivity index (χ1) is 13.3. The van der Waals surface area contributed by atoms with Gasteiger partial charge in [0.1, 0.15) is 17.5 Å². The fraction of sp³-hybridized carbons (Fsp3) is 0.278. The molecule has 1 unspecified atom stereocenters. The van der Waals surface area contributed by atoms with Gasteiger partial charge in [0.15, 0.2) is 5.69 Å². The molecule has 0 spiro atoms. The Labute approximate surface area is 170 Å². The van der Waals surface area contributed by atoms with Gasteiger partial charge in [0.25, 0.3) is 0 Å². The molecule has 5 nitrogen and oxygen atoms in total. The highest BCUT2D eigenvalue weighted by atomic mass is 35.5. The fourth-order valence-electron chi connectivity index (χ4n) is 2.24. The summed E-state index contributed by atoms with van der Waals surface area (Å²) in [7, 11) is 0. The van der Waals surface area contributed by atoms with E-state index >= 15 is 0 Å². The zero-order valence-corrected chi connectivity index (χ0v) is 16.5. The van der Waals surface area contributed by atoms with Crippen molar-refractivity contribution in [1.82, 2.24) is 14.8 Å². The van der Waals surface area contributed by atoms with Crippen molar-refractivity contribution in [1.29, 1.82) is 0 Å². The van der Waals surface area contributed by atoms with E-state index < -0.39 is 17.8 Å². The van der Waals surface area contributed by atoms with Crippen LogP contribution in [0, 0.1) is 5.92 Å². The molecule has 0 radical (unpaired) electrons. The average Bonchev–Trinajstić information content (AvgIpc) is 3.06. The Morgan fingerprint density at radius 3 is 2.32 bits per heavy atom. The Bertz CT molecular complexity index is 850. The molecule has 0 amide bonds. The third-order valence-corrected chi connectivity index (χ3v) is 4.15. The lowest BCUT2D eigenvalue weighted by Gasteiger charge is -2.21. The smallest absolute Gasteiger partial charge is 0.396 e. The van der Waals surface area contributed by atoms with Crippen molar-refractivity contribution in [2.45, 2.75) is 20.0 Å². The summed E-state index contributed by atoms with van der Waals surface area (Å²) in [4.78, 5) is 8.77. The number of halogens is 5. The molecule has 0 saturated carbocycles. The second-order valence-corrected chi connectivity index (χ2v) is 6.30. The van der Waals surface area contributed by atoms with Crippen molar-refractivity contribution in [3.8, 4) is 0 Å². The lowest BCUT2D eigenvalue weighted by atomic mass is 9.96. The van der Waals surface area contributed by atoms with E-state index in [0.29, 0.717) is 23.0 Å². The first-order valence-electron chi connectivity index (χ1n) is 8.21. The Balaban J connectivity index is 0.000000397. The fourth-order valence-corrected chi connectivity index (χ4v) is 2.74. The van der Waals surface area contributed by atoms with E-state index in [1.165, 1.54) is 6.08 Å². The van der Waals surface area contributed by atoms with Gasteiger partial charge in [-0.1, -0.05) is 41.3 Å². The quantitative estimate of drug-likeness (QED) is 0.589. The molecule has 2 aromatic rings. The molecule has 0 bridgehead atoms. The van der Waals surface area contributed by atoms with Crippen LogP contribution in [0.1, 0.15) is 19.5 Å². The Morgan fingerprint density at radius 2 is 1.86 bits per heavy atom. The van der Waals surface area contributed by atoms with Crippen LogP contribution >= 0.6 is 23.2 Å². The topological polar surface area (TPSA) is 52.3 Å². The summed E-state index contributed by atoms with van der Waals surface area (Å²) in [5.41, 5.74) is -0.237. The van der Waals surface area contributed by atoms with Gasteiger partial charge >= 0.3 is 6.18 Å². The largest absolute Gasteiger partial charge is 0.435 e. The minimum Gasteiger partial charge on any atom is -0.396 e. The molecule has 10 heteroatoms. The molecule has 0 N–H and O–H groups in total. The average molecular weight is 433 g/mol. The van der Waals surface area contributed by atoms with E-state index in [1.54, 1.807) is 32.3 Å². The molecule has 150 valence electrons. The number of nitrogens with zero attached hydrogens (tertiary/aromatic N) is 4. The van der Waals surface area contributed by atoms with Crippen molar-refractivity contribution in [3.63, 3.8) is 0 Å². The summed E-state index contributed by atoms with van der Waals surface area (Å²) in [5.74, 6) is -0.428. The Kier molecular flexibility index (Phi) is 7.65. The third kappa shape index (κ3) is 5.59. The van der Waals surface area contributed by atoms with E-state index in [0.717, 1.165) is 10.7 Å². The second-order valence-electron chi connectivity index (χ2n) is 5.51. The standard InChI is InChI=1S/C13H12Cl2F3N3O.C5H5N/c1-3-22-20-12-7(2)9(5-4-8(12)14)21-11(15)6-10(19-21)13(16,17)18;1-2-4-6-5-3-1/h4-7H,3H2,1-2H3;1-5H. The van der Waals surface area contributed by atoms with E-state index in [4.69, 9.17) is 28.0 Å². The minimum atomic E-state index is -4.57. The van der Waals surface area contributed by atoms with Crippen molar-refractivity contribution in [2.75, 3.05) is 6.61 Å². The molecule has 0 aromatic carbocycles. The number of pyridine rings is 1. The molecule has 1 atom stereocenters. The maximum Gasteiger partial charge on any atom is 0.435 e. The van der Waals surface area contributed by atoms with Gasteiger partial charge in [-0.05, 0) is 31.2 Å². The molecular formula is C18H17Cl2F3N4O. The monoisotopic (exact) mass is 432 g/mol. The van der Waals surface area contributed by atoms with Crippen LogP contribution in [0.3, 0.4) is 0 Å². The third-order valence-electron chi connectivity index (χ3n) is 3.56. The van der Waals surface area contributed by atoms with Gasteiger partial charge in [-0.3, -0.25) is 4.98 Å². The van der Waals surface area contributed by atoms with E-state index in [-0.39, 0.29) is 5.15 Å². The predicted molar refractivity (Wildman–Crippen MR) is 103 cm³/mol. The molecule has 0 aliphatic heterocycles. The van der Waals surface area contributed by atoms with Crippen molar-refractivity contribution in [2.24, 2.45) is 11.1 Å². The number of hydrogen-bond donors (Lipinski definition) is 0. The number of alkyl halides is 3. The van der Waals surface area contributed by atoms with Crippen LogP contribution in [0.2, 0.25) is 5.15 Å². The molecule has 1 aliphatic carbocycles. The molecule has 0 fully saturated rings. The molecule has 28 heavy (non-hydrogen) atoms. The maximum atomic E-state index is 12.7. The van der Waals surface area contributed by atoms with Crippen LogP contribution in [0.15, 0.2) is 59.0 Å². The molecule has 1 aliphatic rings. The van der Waals surface area contributed by atoms with Gasteiger partial charge in [-0.25, -0.2) is 4.68 Å². The van der Waals surface area contributed by atoms with Crippen LogP contribution in [-0.2, 0) is 11.0 Å². The zero-order chi connectivity index (χ0) is 20.7. The zero-order valence-electron chi connectivity index (χ0n) is 15.0. The highest BCUT2D eigenvalue weighted by molar-refractivity contribution is 6.45. The Hall–Kier alpha value is -2.32. The lowest BCUT2D eigenvalue weighted by Crippen LogP contribution is -2.21. The van der Waals surface area contributed by atoms with Crippen LogP contribution < -0.4 is 0 Å². The first-order valence-corrected chi connectivity index (χ1v) is 8.97. The van der Waals surface area contributed by atoms with Crippen molar-refractivity contribution < 1.29 is 18.0 Å². The summed E-state index contributed by atoms with van der Waals surface area (Å²) in [6.07, 6.45) is 2.00. The molecule has 2 heterocycles. The normalized spacial score (nSPS) is 18.1. The summed E-state index contributed by atoms with van der Waals surface area (Å²) in [6, 6.07) is 6.49. The number of allylic oxidation sites excluding steroid dienone is 4. The number of hydrogen-bond acceptors (Lipinski definition) is 4. The lowest BCUT2D eigenvalue weighted by molar-refractivity contribution is -0.141. The van der Waals surface area contributed by atoms with Crippen LogP contribution in [0.25, 0.3) is 5.70 Å². The Morgan fingerprint density at radius 1 is 1.18 bits per heavy atom. The SMILES string of the molecule is CCON=C1C(Cl)=CC=C(n2nc(C(F)(F)F)cc2Cl)C1C.c1ccncc1. The second kappa shape index (κ2) is 9.75. The minimum absolute atomic E-state index is 0.146. The predicted octanol–water partition coefficient (Wildman–Crippen LogP) is 5.64. The summed E-state index contributed by atoms with van der Waals surface area (Å²) >= 11 is 11.9. The first kappa shape index (κ1) is 22.0. The summed E-state index contributed by atoms with van der Waals surface area (Å²) in [5, 5.41) is 7.62. The highest BCUT2D eigenvalue weighted by Crippen LogP contribution is 2.34. The molecule has 2 aromatic heterocycles. The number of oxime groups is 1. The van der Waals surface area contributed by atoms with E-state index in [9.17, 15) is 13.2 Å². The van der Waals surface area contributed by atoms with Gasteiger partial charge < -0.3 is 4.84 Å². The number of aromatic nitrogens is 3. The molecule has 3 rings (SSSR count). The molecule has 0 saturated heterocycles. The van der Waals surface area contributed by atoms with E-state index in [1.807, 2.05) is 18.2 Å². The van der Waals surface area contributed by atoms with Gasteiger partial charge in [0.2, 0.25) is 0 Å². The summed E-state index contributed by atoms with van der Waals surface area (Å²) < 4.78 is 39.2. The van der Waals surface area contributed by atoms with Gasteiger partial charge in [0.05, 0.1) is 10.7 Å². The van der Waals surface area contributed by atoms with Crippen molar-refractivity contribution >= 4 is 34.6 Å². The molecular weight excluding hydrogens is 416 g/mol. The highest BCUT2D eigenvalue weighted by Gasteiger charge is 2.36. The van der Waals surface area contributed by atoms with Crippen molar-refractivity contribution in [3.05, 3.63) is 64.7 Å². The van der Waals surface area contributed by atoms with Crippen LogP contribution in [0.5, 0.6) is 0 Å². The van der Waals surface area contributed by atoms with E-state index in [2.05, 4.69) is 15.2 Å².